The summed E-state index contributed by atoms with van der Waals surface area (Å²) in [6, 6.07) is 10.3. The van der Waals surface area contributed by atoms with Crippen molar-refractivity contribution < 1.29 is 28.0 Å². The highest BCUT2D eigenvalue weighted by atomic mass is 35.5. The van der Waals surface area contributed by atoms with E-state index in [1.165, 1.54) is 23.7 Å². The number of hydrogen-bond donors (Lipinski definition) is 2. The Bertz CT molecular complexity index is 1040. The van der Waals surface area contributed by atoms with Gasteiger partial charge in [0.2, 0.25) is 5.91 Å². The number of hydrogen-bond acceptors (Lipinski definition) is 4. The molecule has 0 bridgehead atoms. The summed E-state index contributed by atoms with van der Waals surface area (Å²) < 4.78 is 39.1. The van der Waals surface area contributed by atoms with Crippen LogP contribution in [0.2, 0.25) is 0 Å². The molecule has 2 aromatic rings. The first-order valence-electron chi connectivity index (χ1n) is 9.99. The fraction of sp³-hybridized carbons (Fsp3) is 0.261. The molecule has 1 aromatic heterocycles. The first-order chi connectivity index (χ1) is 15.3. The number of carbonyl (C=O) groups excluding carboxylic acids is 2. The summed E-state index contributed by atoms with van der Waals surface area (Å²) in [5.41, 5.74) is 2.33. The third kappa shape index (κ3) is 7.44. The van der Waals surface area contributed by atoms with Gasteiger partial charge in [-0.25, -0.2) is 10.5 Å². The van der Waals surface area contributed by atoms with Crippen LogP contribution in [0.25, 0.3) is 12.2 Å². The molecule has 176 valence electrons. The molecule has 2 amide bonds. The lowest BCUT2D eigenvalue weighted by Crippen LogP contribution is -2.38. The molecule has 0 radical (unpaired) electrons. The molecular weight excluding hydrogens is 459 g/mol. The van der Waals surface area contributed by atoms with Gasteiger partial charge in [-0.1, -0.05) is 24.3 Å². The van der Waals surface area contributed by atoms with Crippen LogP contribution in [0.1, 0.15) is 41.3 Å². The van der Waals surface area contributed by atoms with Crippen LogP contribution in [0.15, 0.2) is 54.6 Å². The minimum atomic E-state index is -4.40. The number of halogens is 4. The molecule has 0 aliphatic carbocycles. The average Bonchev–Trinajstić information content (AvgIpc) is 2.81. The van der Waals surface area contributed by atoms with Crippen LogP contribution in [-0.2, 0) is 15.8 Å². The second-order valence-electron chi connectivity index (χ2n) is 7.38. The third-order valence-corrected chi connectivity index (χ3v) is 5.12. The van der Waals surface area contributed by atoms with Crippen molar-refractivity contribution in [1.29, 1.82) is 0 Å². The van der Waals surface area contributed by atoms with Crippen molar-refractivity contribution in [2.24, 2.45) is 0 Å². The molecule has 1 aliphatic heterocycles. The summed E-state index contributed by atoms with van der Waals surface area (Å²) in [5, 5.41) is 8.50. The second-order valence-corrected chi connectivity index (χ2v) is 7.38. The zero-order valence-corrected chi connectivity index (χ0v) is 18.3. The van der Waals surface area contributed by atoms with E-state index in [9.17, 15) is 22.8 Å². The Hall–Kier alpha value is -3.17. The predicted molar refractivity (Wildman–Crippen MR) is 119 cm³/mol. The quantitative estimate of drug-likeness (QED) is 0.375. The summed E-state index contributed by atoms with van der Waals surface area (Å²) in [6.45, 7) is 0.877. The van der Waals surface area contributed by atoms with E-state index in [-0.39, 0.29) is 24.2 Å². The summed E-state index contributed by atoms with van der Waals surface area (Å²) in [6.07, 6.45) is 2.46. The molecular formula is C23H23ClF3N3O3. The van der Waals surface area contributed by atoms with Gasteiger partial charge in [-0.15, -0.1) is 12.4 Å². The molecule has 1 unspecified atom stereocenters. The first kappa shape index (κ1) is 26.1. The van der Waals surface area contributed by atoms with E-state index in [2.05, 4.69) is 4.98 Å². The van der Waals surface area contributed by atoms with Gasteiger partial charge in [-0.2, -0.15) is 13.2 Å². The van der Waals surface area contributed by atoms with Crippen LogP contribution >= 0.6 is 12.4 Å². The topological polar surface area (TPSA) is 82.5 Å². The Balaban J connectivity index is 0.00000385. The fourth-order valence-electron chi connectivity index (χ4n) is 3.53. The van der Waals surface area contributed by atoms with E-state index in [0.717, 1.165) is 18.2 Å². The fourth-order valence-corrected chi connectivity index (χ4v) is 3.53. The predicted octanol–water partition coefficient (Wildman–Crippen LogP) is 4.46. The van der Waals surface area contributed by atoms with Gasteiger partial charge in [0.15, 0.2) is 0 Å². The number of benzene rings is 1. The number of amides is 2. The highest BCUT2D eigenvalue weighted by Crippen LogP contribution is 2.33. The molecule has 2 N–H and O–H groups in total. The Kier molecular flexibility index (Phi) is 9.19. The van der Waals surface area contributed by atoms with Gasteiger partial charge in [0.25, 0.3) is 5.91 Å². The van der Waals surface area contributed by atoms with E-state index < -0.39 is 17.6 Å². The molecule has 0 saturated carbocycles. The van der Waals surface area contributed by atoms with Crippen LogP contribution in [0.3, 0.4) is 0 Å². The molecule has 3 rings (SSSR count). The van der Waals surface area contributed by atoms with Crippen LogP contribution in [-0.4, -0.2) is 40.0 Å². The Morgan fingerprint density at radius 2 is 1.76 bits per heavy atom. The van der Waals surface area contributed by atoms with Gasteiger partial charge in [0, 0.05) is 31.2 Å². The number of piperidine rings is 1. The largest absolute Gasteiger partial charge is 0.416 e. The molecule has 1 aromatic carbocycles. The second kappa shape index (κ2) is 11.6. The number of carbonyl (C=O) groups is 2. The van der Waals surface area contributed by atoms with Gasteiger partial charge >= 0.3 is 6.18 Å². The van der Waals surface area contributed by atoms with E-state index in [1.54, 1.807) is 35.2 Å². The maximum atomic E-state index is 13.0. The van der Waals surface area contributed by atoms with Gasteiger partial charge < -0.3 is 4.90 Å². The number of likely N-dealkylation sites (tertiary alicyclic amines) is 1. The molecule has 1 atom stereocenters. The summed E-state index contributed by atoms with van der Waals surface area (Å²) in [5.74, 6) is -1.10. The maximum Gasteiger partial charge on any atom is 0.416 e. The minimum absolute atomic E-state index is 0. The lowest BCUT2D eigenvalue weighted by molar-refractivity contribution is -0.137. The monoisotopic (exact) mass is 481 g/mol. The highest BCUT2D eigenvalue weighted by molar-refractivity contribution is 5.92. The van der Waals surface area contributed by atoms with E-state index >= 15 is 0 Å². The highest BCUT2D eigenvalue weighted by Gasteiger charge is 2.31. The number of nitrogens with zero attached hydrogens (tertiary/aromatic N) is 2. The van der Waals surface area contributed by atoms with Crippen molar-refractivity contribution in [3.05, 3.63) is 77.1 Å². The molecule has 1 fully saturated rings. The number of aromatic nitrogens is 1. The number of rotatable bonds is 5. The molecule has 1 aliphatic rings. The van der Waals surface area contributed by atoms with Crippen molar-refractivity contribution in [2.45, 2.75) is 24.9 Å². The number of alkyl halides is 3. The summed E-state index contributed by atoms with van der Waals surface area (Å²) >= 11 is 0. The molecule has 2 heterocycles. The van der Waals surface area contributed by atoms with E-state index in [4.69, 9.17) is 5.21 Å². The van der Waals surface area contributed by atoms with Crippen LogP contribution in [0.4, 0.5) is 13.2 Å². The van der Waals surface area contributed by atoms with Crippen molar-refractivity contribution in [3.8, 4) is 0 Å². The average molecular weight is 482 g/mol. The summed E-state index contributed by atoms with van der Waals surface area (Å²) in [4.78, 5) is 29.6. The van der Waals surface area contributed by atoms with Gasteiger partial charge in [0.1, 0.15) is 0 Å². The Labute approximate surface area is 195 Å². The zero-order chi connectivity index (χ0) is 23.1. The van der Waals surface area contributed by atoms with Crippen molar-refractivity contribution in [1.82, 2.24) is 15.4 Å². The lowest BCUT2D eigenvalue weighted by atomic mass is 9.89. The third-order valence-electron chi connectivity index (χ3n) is 5.12. The van der Waals surface area contributed by atoms with Crippen LogP contribution < -0.4 is 5.48 Å². The van der Waals surface area contributed by atoms with Crippen LogP contribution in [0, 0.1) is 0 Å². The van der Waals surface area contributed by atoms with Crippen molar-refractivity contribution in [2.75, 3.05) is 13.1 Å². The Morgan fingerprint density at radius 1 is 1.09 bits per heavy atom. The zero-order valence-electron chi connectivity index (χ0n) is 17.5. The Morgan fingerprint density at radius 3 is 2.42 bits per heavy atom. The molecule has 6 nitrogen and oxygen atoms in total. The van der Waals surface area contributed by atoms with E-state index in [0.29, 0.717) is 42.9 Å². The maximum absolute atomic E-state index is 13.0. The van der Waals surface area contributed by atoms with Gasteiger partial charge in [-0.05, 0) is 48.8 Å². The standard InChI is InChI=1S/C23H22F3N3O3.ClH/c24-23(25,26)18-6-1-4-16(14-18)17-5-3-13-29(15-17)22(31)12-10-20-8-2-7-19(27-20)9-11-21(30)28-32;/h1-2,4,6-12,14,17,32H,3,5,13,15H2,(H,28,30);1H/b11-9+,12-10+;. The number of pyridine rings is 1. The first-order valence-corrected chi connectivity index (χ1v) is 9.99. The van der Waals surface area contributed by atoms with Crippen LogP contribution in [0.5, 0.6) is 0 Å². The van der Waals surface area contributed by atoms with Crippen molar-refractivity contribution in [3.63, 3.8) is 0 Å². The lowest BCUT2D eigenvalue weighted by Gasteiger charge is -2.32. The minimum Gasteiger partial charge on any atom is -0.339 e. The molecule has 10 heteroatoms. The van der Waals surface area contributed by atoms with E-state index in [1.807, 2.05) is 0 Å². The molecule has 0 spiro atoms. The normalized spacial score (nSPS) is 16.6. The molecule has 33 heavy (non-hydrogen) atoms. The summed E-state index contributed by atoms with van der Waals surface area (Å²) in [7, 11) is 0. The number of nitrogens with one attached hydrogen (secondary N) is 1. The molecule has 1 saturated heterocycles. The van der Waals surface area contributed by atoms with Crippen molar-refractivity contribution >= 4 is 36.4 Å². The van der Waals surface area contributed by atoms with Gasteiger partial charge in [0.05, 0.1) is 17.0 Å². The smallest absolute Gasteiger partial charge is 0.339 e. The SMILES string of the molecule is Cl.O=C(/C=C/c1cccc(/C=C/C(=O)N2CCCC(c3cccc(C(F)(F)F)c3)C2)n1)NO. The number of hydroxylamine groups is 1. The van der Waals surface area contributed by atoms with Gasteiger partial charge in [-0.3, -0.25) is 14.8 Å².